The largest absolute Gasteiger partial charge is 0.480 e. The molecular formula is C17H20N2O4. The van der Waals surface area contributed by atoms with Crippen LogP contribution in [0.25, 0.3) is 0 Å². The summed E-state index contributed by atoms with van der Waals surface area (Å²) in [6, 6.07) is 5.47. The molecule has 0 aromatic heterocycles. The van der Waals surface area contributed by atoms with E-state index < -0.39 is 17.9 Å². The quantitative estimate of drug-likeness (QED) is 0.636. The van der Waals surface area contributed by atoms with Crippen molar-refractivity contribution in [2.24, 2.45) is 0 Å². The minimum Gasteiger partial charge on any atom is -0.480 e. The molecule has 0 spiro atoms. The molecule has 1 unspecified atom stereocenters. The Balaban J connectivity index is 1.96. The number of hydrogen-bond acceptors (Lipinski definition) is 3. The van der Waals surface area contributed by atoms with Gasteiger partial charge in [0, 0.05) is 17.2 Å². The molecule has 2 amide bonds. The summed E-state index contributed by atoms with van der Waals surface area (Å²) in [4.78, 5) is 35.1. The average molecular weight is 316 g/mol. The second-order valence-electron chi connectivity index (χ2n) is 5.56. The summed E-state index contributed by atoms with van der Waals surface area (Å²) in [5.41, 5.74) is 0.799. The van der Waals surface area contributed by atoms with E-state index in [2.05, 4.69) is 17.2 Å². The van der Waals surface area contributed by atoms with Crippen molar-refractivity contribution >= 4 is 17.8 Å². The summed E-state index contributed by atoms with van der Waals surface area (Å²) < 4.78 is 0. The number of nitrogens with one attached hydrogen (secondary N) is 2. The monoisotopic (exact) mass is 316 g/mol. The number of aliphatic carboxylic acids is 1. The fourth-order valence-corrected chi connectivity index (χ4v) is 2.05. The zero-order valence-electron chi connectivity index (χ0n) is 12.7. The van der Waals surface area contributed by atoms with Crippen LogP contribution >= 0.6 is 0 Å². The van der Waals surface area contributed by atoms with Crippen molar-refractivity contribution in [1.82, 2.24) is 10.6 Å². The van der Waals surface area contributed by atoms with Crippen molar-refractivity contribution in [3.05, 3.63) is 48.0 Å². The first-order chi connectivity index (χ1) is 11.0. The zero-order chi connectivity index (χ0) is 16.8. The Kier molecular flexibility index (Phi) is 5.51. The van der Waals surface area contributed by atoms with Gasteiger partial charge in [0.05, 0.1) is 0 Å². The highest BCUT2D eigenvalue weighted by Crippen LogP contribution is 2.19. The molecule has 0 radical (unpaired) electrons. The van der Waals surface area contributed by atoms with E-state index in [4.69, 9.17) is 5.11 Å². The Morgan fingerprint density at radius 3 is 2.22 bits per heavy atom. The first-order valence-corrected chi connectivity index (χ1v) is 7.56. The molecule has 1 aromatic rings. The van der Waals surface area contributed by atoms with Crippen LogP contribution in [-0.4, -0.2) is 35.0 Å². The van der Waals surface area contributed by atoms with Crippen LogP contribution in [0.5, 0.6) is 0 Å². The number of rotatable bonds is 8. The predicted octanol–water partition coefficient (Wildman–Crippen LogP) is 1.73. The maximum absolute atomic E-state index is 12.1. The van der Waals surface area contributed by atoms with Crippen molar-refractivity contribution in [3.8, 4) is 0 Å². The molecule has 0 aliphatic heterocycles. The second-order valence-corrected chi connectivity index (χ2v) is 5.56. The van der Waals surface area contributed by atoms with Gasteiger partial charge in [-0.2, -0.15) is 0 Å². The van der Waals surface area contributed by atoms with Crippen LogP contribution in [0.3, 0.4) is 0 Å². The molecule has 1 aliphatic carbocycles. The molecule has 6 heteroatoms. The van der Waals surface area contributed by atoms with Crippen LogP contribution in [-0.2, 0) is 4.79 Å². The molecule has 0 heterocycles. The number of benzene rings is 1. The van der Waals surface area contributed by atoms with Gasteiger partial charge < -0.3 is 15.7 Å². The van der Waals surface area contributed by atoms with Gasteiger partial charge in [-0.1, -0.05) is 6.08 Å². The first-order valence-electron chi connectivity index (χ1n) is 7.56. The average Bonchev–Trinajstić information content (AvgIpc) is 3.35. The fraction of sp³-hybridized carbons (Fsp3) is 0.353. The minimum absolute atomic E-state index is 0.158. The zero-order valence-corrected chi connectivity index (χ0v) is 12.7. The highest BCUT2D eigenvalue weighted by molar-refractivity contribution is 5.99. The number of carbonyl (C=O) groups is 3. The molecule has 1 saturated carbocycles. The van der Waals surface area contributed by atoms with Crippen molar-refractivity contribution in [2.75, 3.05) is 0 Å². The van der Waals surface area contributed by atoms with Crippen molar-refractivity contribution in [2.45, 2.75) is 37.8 Å². The Morgan fingerprint density at radius 1 is 1.17 bits per heavy atom. The van der Waals surface area contributed by atoms with Gasteiger partial charge >= 0.3 is 5.97 Å². The van der Waals surface area contributed by atoms with E-state index >= 15 is 0 Å². The van der Waals surface area contributed by atoms with E-state index in [-0.39, 0.29) is 18.4 Å². The van der Waals surface area contributed by atoms with E-state index in [1.54, 1.807) is 18.2 Å². The van der Waals surface area contributed by atoms with Crippen LogP contribution in [0.2, 0.25) is 0 Å². The molecule has 122 valence electrons. The molecule has 23 heavy (non-hydrogen) atoms. The standard InChI is InChI=1S/C17H20N2O4/c1-2-3-4-14(17(22)23)19-16(21)12-7-5-11(6-8-12)15(20)18-13-9-10-13/h2,5-8,13-14H,1,3-4,9-10H2,(H,18,20)(H,19,21)(H,22,23). The van der Waals surface area contributed by atoms with Crippen LogP contribution < -0.4 is 10.6 Å². The number of amides is 2. The van der Waals surface area contributed by atoms with Gasteiger partial charge in [-0.05, 0) is 49.9 Å². The topological polar surface area (TPSA) is 95.5 Å². The summed E-state index contributed by atoms with van der Waals surface area (Å²) in [5, 5.41) is 14.4. The van der Waals surface area contributed by atoms with Gasteiger partial charge in [0.1, 0.15) is 6.04 Å². The summed E-state index contributed by atoms with van der Waals surface area (Å²) in [6.07, 6.45) is 4.40. The highest BCUT2D eigenvalue weighted by atomic mass is 16.4. The van der Waals surface area contributed by atoms with Gasteiger partial charge in [-0.25, -0.2) is 4.79 Å². The number of carbonyl (C=O) groups excluding carboxylic acids is 2. The highest BCUT2D eigenvalue weighted by Gasteiger charge is 2.24. The van der Waals surface area contributed by atoms with Gasteiger partial charge in [0.15, 0.2) is 0 Å². The molecule has 2 rings (SSSR count). The Hall–Kier alpha value is -2.63. The Labute approximate surface area is 134 Å². The molecule has 1 aliphatic rings. The van der Waals surface area contributed by atoms with Crippen molar-refractivity contribution in [3.63, 3.8) is 0 Å². The van der Waals surface area contributed by atoms with E-state index in [1.165, 1.54) is 12.1 Å². The lowest BCUT2D eigenvalue weighted by Crippen LogP contribution is -2.40. The Morgan fingerprint density at radius 2 is 1.74 bits per heavy atom. The third-order valence-electron chi connectivity index (χ3n) is 3.58. The van der Waals surface area contributed by atoms with E-state index in [0.29, 0.717) is 17.5 Å². The number of hydrogen-bond donors (Lipinski definition) is 3. The Bertz CT molecular complexity index is 606. The van der Waals surface area contributed by atoms with Gasteiger partial charge in [0.2, 0.25) is 0 Å². The summed E-state index contributed by atoms with van der Waals surface area (Å²) in [6.45, 7) is 3.54. The molecule has 0 bridgehead atoms. The van der Waals surface area contributed by atoms with Crippen LogP contribution in [0, 0.1) is 0 Å². The van der Waals surface area contributed by atoms with Gasteiger partial charge in [-0.3, -0.25) is 9.59 Å². The third kappa shape index (κ3) is 4.95. The van der Waals surface area contributed by atoms with Crippen molar-refractivity contribution < 1.29 is 19.5 Å². The minimum atomic E-state index is -1.08. The van der Waals surface area contributed by atoms with Gasteiger partial charge in [0.25, 0.3) is 11.8 Å². The SMILES string of the molecule is C=CCCC(NC(=O)c1ccc(C(=O)NC2CC2)cc1)C(=O)O. The smallest absolute Gasteiger partial charge is 0.326 e. The number of carboxylic acid groups (broad SMARTS) is 1. The van der Waals surface area contributed by atoms with Crippen LogP contribution in [0.4, 0.5) is 0 Å². The number of carboxylic acids is 1. The molecule has 1 fully saturated rings. The third-order valence-corrected chi connectivity index (χ3v) is 3.58. The van der Waals surface area contributed by atoms with E-state index in [0.717, 1.165) is 12.8 Å². The lowest BCUT2D eigenvalue weighted by atomic mass is 10.1. The molecule has 3 N–H and O–H groups in total. The summed E-state index contributed by atoms with van der Waals surface area (Å²) in [7, 11) is 0. The maximum Gasteiger partial charge on any atom is 0.326 e. The second kappa shape index (κ2) is 7.58. The first kappa shape index (κ1) is 16.7. The predicted molar refractivity (Wildman–Crippen MR) is 85.3 cm³/mol. The van der Waals surface area contributed by atoms with Crippen LogP contribution in [0.15, 0.2) is 36.9 Å². The van der Waals surface area contributed by atoms with Gasteiger partial charge in [-0.15, -0.1) is 6.58 Å². The molecule has 1 atom stereocenters. The summed E-state index contributed by atoms with van der Waals surface area (Å²) in [5.74, 6) is -1.72. The fourth-order valence-electron chi connectivity index (χ4n) is 2.05. The lowest BCUT2D eigenvalue weighted by molar-refractivity contribution is -0.139. The molecular weight excluding hydrogens is 296 g/mol. The number of allylic oxidation sites excluding steroid dienone is 1. The molecule has 0 saturated heterocycles. The molecule has 1 aromatic carbocycles. The maximum atomic E-state index is 12.1. The van der Waals surface area contributed by atoms with E-state index in [9.17, 15) is 14.4 Å². The molecule has 6 nitrogen and oxygen atoms in total. The van der Waals surface area contributed by atoms with Crippen molar-refractivity contribution in [1.29, 1.82) is 0 Å². The summed E-state index contributed by atoms with van der Waals surface area (Å²) >= 11 is 0. The van der Waals surface area contributed by atoms with Crippen LogP contribution in [0.1, 0.15) is 46.4 Å². The lowest BCUT2D eigenvalue weighted by Gasteiger charge is -2.13. The normalized spacial score (nSPS) is 14.6. The van der Waals surface area contributed by atoms with E-state index in [1.807, 2.05) is 0 Å².